The number of hydrogen-bond donors (Lipinski definition) is 0. The van der Waals surface area contributed by atoms with Crippen molar-refractivity contribution in [2.24, 2.45) is 0 Å². The fraction of sp³-hybridized carbons (Fsp3) is 0.391. The highest BCUT2D eigenvalue weighted by Gasteiger charge is 2.38. The van der Waals surface area contributed by atoms with Gasteiger partial charge in [0.1, 0.15) is 11.6 Å². The van der Waals surface area contributed by atoms with Gasteiger partial charge in [-0.25, -0.2) is 18.7 Å². The lowest BCUT2D eigenvalue weighted by Crippen LogP contribution is -2.44. The molecule has 2 aromatic heterocycles. The molecule has 5 rings (SSSR count). The first kappa shape index (κ1) is 21.8. The van der Waals surface area contributed by atoms with Gasteiger partial charge >= 0.3 is 0 Å². The average Bonchev–Trinajstić information content (AvgIpc) is 3.41. The van der Waals surface area contributed by atoms with Crippen molar-refractivity contribution in [3.63, 3.8) is 0 Å². The van der Waals surface area contributed by atoms with E-state index >= 15 is 0 Å². The van der Waals surface area contributed by atoms with Crippen molar-refractivity contribution >= 4 is 33.5 Å². The van der Waals surface area contributed by atoms with Crippen LogP contribution in [0.25, 0.3) is 10.3 Å². The fourth-order valence-electron chi connectivity index (χ4n) is 4.58. The van der Waals surface area contributed by atoms with Crippen LogP contribution in [-0.4, -0.2) is 63.9 Å². The van der Waals surface area contributed by atoms with Gasteiger partial charge in [-0.15, -0.1) is 11.3 Å². The summed E-state index contributed by atoms with van der Waals surface area (Å²) in [7, 11) is 0. The molecule has 10 heteroatoms. The van der Waals surface area contributed by atoms with Gasteiger partial charge in [-0.2, -0.15) is 0 Å². The molecule has 3 aromatic rings. The Morgan fingerprint density at radius 2 is 1.97 bits per heavy atom. The Morgan fingerprint density at radius 3 is 2.76 bits per heavy atom. The Bertz CT molecular complexity index is 1150. The number of carbonyl (C=O) groups is 2. The van der Waals surface area contributed by atoms with Gasteiger partial charge in [0.15, 0.2) is 10.7 Å². The van der Waals surface area contributed by atoms with Crippen LogP contribution < -0.4 is 0 Å². The van der Waals surface area contributed by atoms with Gasteiger partial charge < -0.3 is 14.5 Å². The molecule has 33 heavy (non-hydrogen) atoms. The van der Waals surface area contributed by atoms with E-state index in [1.807, 2.05) is 6.07 Å². The number of fused-ring (bicyclic) bond motifs is 2. The summed E-state index contributed by atoms with van der Waals surface area (Å²) in [6.45, 7) is 1.19. The lowest BCUT2D eigenvalue weighted by atomic mass is 10.0. The summed E-state index contributed by atoms with van der Waals surface area (Å²) in [5.74, 6) is -1.77. The number of thiazole rings is 1. The maximum atomic E-state index is 13.8. The van der Waals surface area contributed by atoms with Gasteiger partial charge in [-0.05, 0) is 42.7 Å². The van der Waals surface area contributed by atoms with Crippen molar-refractivity contribution in [3.05, 3.63) is 58.7 Å². The second kappa shape index (κ2) is 9.11. The summed E-state index contributed by atoms with van der Waals surface area (Å²) in [4.78, 5) is 38.1. The van der Waals surface area contributed by atoms with Crippen LogP contribution in [-0.2, 0) is 9.53 Å². The van der Waals surface area contributed by atoms with Crippen molar-refractivity contribution < 1.29 is 23.1 Å². The number of nitrogens with zero attached hydrogens (tertiary/aromatic N) is 4. The Labute approximate surface area is 193 Å². The number of rotatable bonds is 2. The van der Waals surface area contributed by atoms with Gasteiger partial charge in [0.25, 0.3) is 5.91 Å². The predicted molar refractivity (Wildman–Crippen MR) is 118 cm³/mol. The largest absolute Gasteiger partial charge is 0.377 e. The van der Waals surface area contributed by atoms with E-state index in [9.17, 15) is 18.4 Å². The van der Waals surface area contributed by atoms with Crippen LogP contribution in [0.15, 0.2) is 36.5 Å². The number of amides is 2. The third kappa shape index (κ3) is 4.45. The first-order chi connectivity index (χ1) is 16.0. The molecule has 0 radical (unpaired) electrons. The minimum absolute atomic E-state index is 0.111. The van der Waals surface area contributed by atoms with Crippen LogP contribution in [0, 0.1) is 11.6 Å². The molecule has 0 N–H and O–H groups in total. The molecule has 2 saturated heterocycles. The quantitative estimate of drug-likeness (QED) is 0.570. The van der Waals surface area contributed by atoms with Crippen LogP contribution in [0.1, 0.15) is 40.7 Å². The standard InChI is InChI=1S/C23H22F2N4O3S/c24-15-10-14(11-16(25)12-15)18-4-3-17-13-32-9-8-28(7-5-20(30)29(17)18)23(31)22-27-21-19(33-22)2-1-6-26-21/h1-2,6,10-12,17-18H,3-5,7-9,13H2/t17?,18-/m0/s1. The number of benzene rings is 1. The van der Waals surface area contributed by atoms with Gasteiger partial charge in [-0.3, -0.25) is 9.59 Å². The zero-order chi connectivity index (χ0) is 22.9. The van der Waals surface area contributed by atoms with E-state index in [-0.39, 0.29) is 30.8 Å². The molecule has 0 aliphatic carbocycles. The van der Waals surface area contributed by atoms with Gasteiger partial charge in [0.2, 0.25) is 5.91 Å². The molecule has 2 atom stereocenters. The van der Waals surface area contributed by atoms with Crippen LogP contribution >= 0.6 is 11.3 Å². The van der Waals surface area contributed by atoms with Crippen molar-refractivity contribution in [2.75, 3.05) is 26.3 Å². The number of aromatic nitrogens is 2. The molecule has 2 amide bonds. The first-order valence-electron chi connectivity index (χ1n) is 10.9. The van der Waals surface area contributed by atoms with Gasteiger partial charge in [0.05, 0.1) is 30.0 Å². The van der Waals surface area contributed by atoms with Crippen molar-refractivity contribution in [1.29, 1.82) is 0 Å². The number of carbonyl (C=O) groups excluding carboxylic acids is 2. The van der Waals surface area contributed by atoms with E-state index in [1.165, 1.54) is 23.5 Å². The SMILES string of the molecule is O=C(c1nc2ncccc2s1)N1CCOCC2CC[C@@H](c3cc(F)cc(F)c3)N2C(=O)CC1. The van der Waals surface area contributed by atoms with E-state index in [0.29, 0.717) is 48.8 Å². The monoisotopic (exact) mass is 472 g/mol. The van der Waals surface area contributed by atoms with Crippen molar-refractivity contribution in [3.8, 4) is 0 Å². The molecule has 2 aliphatic rings. The first-order valence-corrected chi connectivity index (χ1v) is 11.7. The molecular formula is C23H22F2N4O3S. The molecule has 0 spiro atoms. The number of hydrogen-bond acceptors (Lipinski definition) is 6. The predicted octanol–water partition coefficient (Wildman–Crippen LogP) is 3.56. The van der Waals surface area contributed by atoms with Crippen molar-refractivity contribution in [1.82, 2.24) is 19.8 Å². The van der Waals surface area contributed by atoms with Crippen LogP contribution in [0.5, 0.6) is 0 Å². The summed E-state index contributed by atoms with van der Waals surface area (Å²) in [5, 5.41) is 0.320. The Kier molecular flexibility index (Phi) is 6.03. The van der Waals surface area contributed by atoms with Crippen LogP contribution in [0.4, 0.5) is 8.78 Å². The maximum absolute atomic E-state index is 13.8. The number of pyridine rings is 1. The number of halogens is 2. The molecule has 172 valence electrons. The second-order valence-corrected chi connectivity index (χ2v) is 9.24. The highest BCUT2D eigenvalue weighted by Crippen LogP contribution is 2.37. The Morgan fingerprint density at radius 1 is 1.15 bits per heavy atom. The second-order valence-electron chi connectivity index (χ2n) is 8.21. The molecule has 0 saturated carbocycles. The van der Waals surface area contributed by atoms with Gasteiger partial charge in [-0.1, -0.05) is 0 Å². The number of ether oxygens (including phenoxy) is 1. The summed E-state index contributed by atoms with van der Waals surface area (Å²) < 4.78 is 34.3. The Balaban J connectivity index is 1.35. The topological polar surface area (TPSA) is 75.6 Å². The highest BCUT2D eigenvalue weighted by molar-refractivity contribution is 7.20. The average molecular weight is 473 g/mol. The van der Waals surface area contributed by atoms with E-state index in [4.69, 9.17) is 4.74 Å². The molecule has 1 aromatic carbocycles. The zero-order valence-corrected chi connectivity index (χ0v) is 18.6. The van der Waals surface area contributed by atoms with E-state index in [0.717, 1.165) is 10.8 Å². The van der Waals surface area contributed by atoms with E-state index in [1.54, 1.807) is 22.1 Å². The highest BCUT2D eigenvalue weighted by atomic mass is 32.1. The molecule has 0 bridgehead atoms. The van der Waals surface area contributed by atoms with Crippen LogP contribution in [0.3, 0.4) is 0 Å². The Hall–Kier alpha value is -2.98. The molecule has 1 unspecified atom stereocenters. The summed E-state index contributed by atoms with van der Waals surface area (Å²) in [5.41, 5.74) is 0.958. The lowest BCUT2D eigenvalue weighted by Gasteiger charge is -2.33. The molecule has 2 fully saturated rings. The molecule has 7 nitrogen and oxygen atoms in total. The van der Waals surface area contributed by atoms with E-state index in [2.05, 4.69) is 9.97 Å². The summed E-state index contributed by atoms with van der Waals surface area (Å²) >= 11 is 1.26. The molecular weight excluding hydrogens is 450 g/mol. The zero-order valence-electron chi connectivity index (χ0n) is 17.7. The van der Waals surface area contributed by atoms with Crippen molar-refractivity contribution in [2.45, 2.75) is 31.3 Å². The minimum atomic E-state index is -0.666. The third-order valence-electron chi connectivity index (χ3n) is 6.11. The normalized spacial score (nSPS) is 21.9. The minimum Gasteiger partial charge on any atom is -0.377 e. The lowest BCUT2D eigenvalue weighted by molar-refractivity contribution is -0.136. The smallest absolute Gasteiger partial charge is 0.283 e. The fourth-order valence-corrected chi connectivity index (χ4v) is 5.48. The molecule has 4 heterocycles. The van der Waals surface area contributed by atoms with Crippen LogP contribution in [0.2, 0.25) is 0 Å². The van der Waals surface area contributed by atoms with Gasteiger partial charge in [0, 0.05) is 31.8 Å². The molecule has 2 aliphatic heterocycles. The summed E-state index contributed by atoms with van der Waals surface area (Å²) in [6.07, 6.45) is 3.03. The third-order valence-corrected chi connectivity index (χ3v) is 7.10. The van der Waals surface area contributed by atoms with E-state index < -0.39 is 17.7 Å². The maximum Gasteiger partial charge on any atom is 0.283 e. The summed E-state index contributed by atoms with van der Waals surface area (Å²) in [6, 6.07) is 6.44.